The minimum Gasteiger partial charge on any atom is -0.465 e. The zero-order valence-corrected chi connectivity index (χ0v) is 19.3. The zero-order chi connectivity index (χ0) is 21.9. The summed E-state index contributed by atoms with van der Waals surface area (Å²) in [6.45, 7) is 3.55. The van der Waals surface area contributed by atoms with Gasteiger partial charge in [0.05, 0.1) is 24.0 Å². The maximum atomic E-state index is 11.5. The Labute approximate surface area is 189 Å². The summed E-state index contributed by atoms with van der Waals surface area (Å²) in [5.74, 6) is -0.146. The third-order valence-electron chi connectivity index (χ3n) is 5.08. The van der Waals surface area contributed by atoms with Crippen LogP contribution in [0.15, 0.2) is 99.6 Å². The summed E-state index contributed by atoms with van der Waals surface area (Å²) < 4.78 is 5.00. The first kappa shape index (κ1) is 23.1. The number of ether oxygens (including phenoxy) is 1. The molecule has 0 fully saturated rings. The number of rotatable bonds is 11. The Bertz CT molecular complexity index is 873. The SMILES string of the molecule is CCOC(=O)CN(C)CCCCc1ccc([S+](c2ccccc2)c2ccccc2)cc1. The summed E-state index contributed by atoms with van der Waals surface area (Å²) in [5.41, 5.74) is 1.36. The average Bonchev–Trinajstić information content (AvgIpc) is 2.79. The molecule has 3 nitrogen and oxygen atoms in total. The van der Waals surface area contributed by atoms with Gasteiger partial charge in [-0.15, -0.1) is 0 Å². The number of likely N-dealkylation sites (N-methyl/N-ethyl adjacent to an activating group) is 1. The van der Waals surface area contributed by atoms with Crippen LogP contribution in [0.5, 0.6) is 0 Å². The maximum absolute atomic E-state index is 11.5. The third-order valence-corrected chi connectivity index (χ3v) is 7.31. The molecule has 0 saturated heterocycles. The van der Waals surface area contributed by atoms with Crippen LogP contribution in [-0.4, -0.2) is 37.6 Å². The van der Waals surface area contributed by atoms with Crippen LogP contribution in [0.2, 0.25) is 0 Å². The molecule has 0 bridgehead atoms. The number of hydrogen-bond acceptors (Lipinski definition) is 3. The molecule has 31 heavy (non-hydrogen) atoms. The van der Waals surface area contributed by atoms with Gasteiger partial charge in [0.2, 0.25) is 0 Å². The van der Waals surface area contributed by atoms with Crippen molar-refractivity contribution in [2.75, 3.05) is 26.7 Å². The Morgan fingerprint density at radius 3 is 1.90 bits per heavy atom. The van der Waals surface area contributed by atoms with Crippen molar-refractivity contribution in [2.45, 2.75) is 40.9 Å². The molecule has 0 aliphatic heterocycles. The first-order valence-electron chi connectivity index (χ1n) is 10.9. The molecule has 162 valence electrons. The highest BCUT2D eigenvalue weighted by atomic mass is 32.2. The number of carbonyl (C=O) groups excluding carboxylic acids is 1. The van der Waals surface area contributed by atoms with E-state index in [4.69, 9.17) is 4.74 Å². The lowest BCUT2D eigenvalue weighted by atomic mass is 10.1. The fraction of sp³-hybridized carbons (Fsp3) is 0.296. The fourth-order valence-electron chi connectivity index (χ4n) is 3.53. The van der Waals surface area contributed by atoms with Gasteiger partial charge in [-0.2, -0.15) is 0 Å². The molecule has 0 N–H and O–H groups in total. The number of esters is 1. The summed E-state index contributed by atoms with van der Waals surface area (Å²) in [7, 11) is 1.88. The van der Waals surface area contributed by atoms with Crippen molar-refractivity contribution in [3.8, 4) is 0 Å². The van der Waals surface area contributed by atoms with Gasteiger partial charge in [-0.3, -0.25) is 9.69 Å². The highest BCUT2D eigenvalue weighted by molar-refractivity contribution is 7.97. The van der Waals surface area contributed by atoms with Crippen LogP contribution in [-0.2, 0) is 26.8 Å². The second-order valence-corrected chi connectivity index (χ2v) is 9.60. The van der Waals surface area contributed by atoms with Crippen molar-refractivity contribution >= 4 is 16.9 Å². The molecule has 0 saturated carbocycles. The largest absolute Gasteiger partial charge is 0.465 e. The third kappa shape index (κ3) is 7.27. The van der Waals surface area contributed by atoms with Crippen LogP contribution in [0.25, 0.3) is 0 Å². The second kappa shape index (κ2) is 12.3. The van der Waals surface area contributed by atoms with E-state index in [1.165, 1.54) is 20.2 Å². The Morgan fingerprint density at radius 1 is 0.806 bits per heavy atom. The van der Waals surface area contributed by atoms with Crippen LogP contribution in [0.4, 0.5) is 0 Å². The van der Waals surface area contributed by atoms with Gasteiger partial charge in [0.25, 0.3) is 0 Å². The van der Waals surface area contributed by atoms with E-state index in [9.17, 15) is 4.79 Å². The molecule has 0 atom stereocenters. The van der Waals surface area contributed by atoms with Gasteiger partial charge in [-0.05, 0) is 81.7 Å². The van der Waals surface area contributed by atoms with Crippen molar-refractivity contribution in [3.63, 3.8) is 0 Å². The topological polar surface area (TPSA) is 29.5 Å². The van der Waals surface area contributed by atoms with Gasteiger partial charge >= 0.3 is 5.97 Å². The highest BCUT2D eigenvalue weighted by Gasteiger charge is 2.27. The van der Waals surface area contributed by atoms with Crippen LogP contribution in [0.1, 0.15) is 25.3 Å². The smallest absolute Gasteiger partial charge is 0.320 e. The predicted octanol–water partition coefficient (Wildman–Crippen LogP) is 5.60. The first-order valence-corrected chi connectivity index (χ1v) is 12.2. The van der Waals surface area contributed by atoms with Crippen molar-refractivity contribution in [3.05, 3.63) is 90.5 Å². The summed E-state index contributed by atoms with van der Waals surface area (Å²) in [4.78, 5) is 17.6. The molecular formula is C27H32NO2S+. The lowest BCUT2D eigenvalue weighted by Crippen LogP contribution is -2.28. The normalized spacial score (nSPS) is 11.1. The molecule has 0 aliphatic carbocycles. The lowest BCUT2D eigenvalue weighted by molar-refractivity contribution is -0.144. The molecule has 0 unspecified atom stereocenters. The van der Waals surface area contributed by atoms with Crippen molar-refractivity contribution < 1.29 is 9.53 Å². The van der Waals surface area contributed by atoms with Crippen LogP contribution >= 0.6 is 0 Å². The number of nitrogens with zero attached hydrogens (tertiary/aromatic N) is 1. The summed E-state index contributed by atoms with van der Waals surface area (Å²) in [6.07, 6.45) is 3.23. The van der Waals surface area contributed by atoms with Crippen molar-refractivity contribution in [1.82, 2.24) is 4.90 Å². The molecule has 0 radical (unpaired) electrons. The van der Waals surface area contributed by atoms with E-state index in [1.807, 2.05) is 18.9 Å². The van der Waals surface area contributed by atoms with E-state index < -0.39 is 0 Å². The van der Waals surface area contributed by atoms with Gasteiger partial charge in [-0.1, -0.05) is 48.5 Å². The van der Waals surface area contributed by atoms with Gasteiger partial charge in [0.15, 0.2) is 14.7 Å². The Kier molecular flexibility index (Phi) is 9.19. The van der Waals surface area contributed by atoms with Gasteiger partial charge < -0.3 is 4.74 Å². The van der Waals surface area contributed by atoms with Gasteiger partial charge in [0, 0.05) is 0 Å². The van der Waals surface area contributed by atoms with Crippen LogP contribution < -0.4 is 0 Å². The number of aryl methyl sites for hydroxylation is 1. The molecule has 0 spiro atoms. The predicted molar refractivity (Wildman–Crippen MR) is 129 cm³/mol. The van der Waals surface area contributed by atoms with Crippen molar-refractivity contribution in [1.29, 1.82) is 0 Å². The van der Waals surface area contributed by atoms with E-state index in [1.54, 1.807) is 0 Å². The fourth-order valence-corrected chi connectivity index (χ4v) is 5.61. The van der Waals surface area contributed by atoms with Gasteiger partial charge in [-0.25, -0.2) is 0 Å². The van der Waals surface area contributed by atoms with Crippen molar-refractivity contribution in [2.24, 2.45) is 0 Å². The molecule has 3 aromatic rings. The molecule has 0 amide bonds. The van der Waals surface area contributed by atoms with E-state index in [-0.39, 0.29) is 16.9 Å². The second-order valence-electron chi connectivity index (χ2n) is 7.58. The summed E-state index contributed by atoms with van der Waals surface area (Å²) in [6, 6.07) is 30.6. The zero-order valence-electron chi connectivity index (χ0n) is 18.5. The average molecular weight is 435 g/mol. The summed E-state index contributed by atoms with van der Waals surface area (Å²) in [5, 5.41) is 0. The summed E-state index contributed by atoms with van der Waals surface area (Å²) >= 11 is 0. The number of carbonyl (C=O) groups is 1. The maximum Gasteiger partial charge on any atom is 0.320 e. The quantitative estimate of drug-likeness (QED) is 0.223. The van der Waals surface area contributed by atoms with Crippen LogP contribution in [0, 0.1) is 0 Å². The van der Waals surface area contributed by atoms with E-state index in [0.717, 1.165) is 25.8 Å². The first-order chi connectivity index (χ1) is 15.2. The molecular weight excluding hydrogens is 402 g/mol. The number of hydrogen-bond donors (Lipinski definition) is 0. The molecule has 3 rings (SSSR count). The molecule has 0 aromatic heterocycles. The van der Waals surface area contributed by atoms with Crippen LogP contribution in [0.3, 0.4) is 0 Å². The Morgan fingerprint density at radius 2 is 1.35 bits per heavy atom. The van der Waals surface area contributed by atoms with E-state index in [2.05, 4.69) is 84.9 Å². The van der Waals surface area contributed by atoms with Gasteiger partial charge in [0.1, 0.15) is 0 Å². The van der Waals surface area contributed by atoms with E-state index >= 15 is 0 Å². The lowest BCUT2D eigenvalue weighted by Gasteiger charge is -2.15. The highest BCUT2D eigenvalue weighted by Crippen LogP contribution is 2.31. The number of unbranched alkanes of at least 4 members (excludes halogenated alkanes) is 1. The monoisotopic (exact) mass is 434 g/mol. The molecule has 0 aliphatic rings. The molecule has 0 heterocycles. The molecule has 3 aromatic carbocycles. The number of benzene rings is 3. The minimum atomic E-state index is -0.146. The van der Waals surface area contributed by atoms with E-state index in [0.29, 0.717) is 13.2 Å². The minimum absolute atomic E-state index is 0.0946. The Hall–Kier alpha value is -2.56. The Balaban J connectivity index is 1.58. The standard InChI is InChI=1S/C27H32NO2S/c1-3-30-27(29)22-28(2)21-11-10-12-23-17-19-26(20-18-23)31(24-13-6-4-7-14-24)25-15-8-5-9-16-25/h4-9,13-20H,3,10-12,21-22H2,1-2H3/q+1. The molecule has 4 heteroatoms.